The standard InChI is InChI=1S/C17H22ClN3O/c1-11(20)16(22)21-14(12-5-4-6-13(18)9-12)7-8-15(21)17(2,3)10-19/h4-6,9,11,14-15H,7-8,20H2,1-3H3/t11-,14+,15?/m1/s1. The Balaban J connectivity index is 2.43. The van der Waals surface area contributed by atoms with Crippen molar-refractivity contribution >= 4 is 17.5 Å². The fourth-order valence-electron chi connectivity index (χ4n) is 3.18. The van der Waals surface area contributed by atoms with Crippen LogP contribution < -0.4 is 5.73 Å². The molecule has 0 spiro atoms. The maximum absolute atomic E-state index is 12.6. The van der Waals surface area contributed by atoms with Gasteiger partial charge < -0.3 is 10.6 Å². The Kier molecular flexibility index (Phi) is 4.79. The van der Waals surface area contributed by atoms with Crippen molar-refractivity contribution in [2.24, 2.45) is 11.1 Å². The largest absolute Gasteiger partial charge is 0.330 e. The summed E-state index contributed by atoms with van der Waals surface area (Å²) >= 11 is 6.09. The van der Waals surface area contributed by atoms with Gasteiger partial charge in [0.2, 0.25) is 5.91 Å². The van der Waals surface area contributed by atoms with Crippen LogP contribution in [0.1, 0.15) is 45.2 Å². The molecule has 1 aliphatic heterocycles. The topological polar surface area (TPSA) is 70.1 Å². The predicted octanol–water partition coefficient (Wildman–Crippen LogP) is 3.27. The molecule has 118 valence electrons. The van der Waals surface area contributed by atoms with E-state index in [1.54, 1.807) is 11.8 Å². The second-order valence-electron chi connectivity index (χ2n) is 6.53. The van der Waals surface area contributed by atoms with Crippen molar-refractivity contribution in [1.82, 2.24) is 4.90 Å². The molecule has 0 aromatic heterocycles. The molecule has 1 aromatic carbocycles. The van der Waals surface area contributed by atoms with Crippen LogP contribution in [0.15, 0.2) is 24.3 Å². The van der Waals surface area contributed by atoms with Crippen molar-refractivity contribution in [1.29, 1.82) is 5.26 Å². The first-order chi connectivity index (χ1) is 10.3. The van der Waals surface area contributed by atoms with E-state index in [-0.39, 0.29) is 18.0 Å². The maximum Gasteiger partial charge on any atom is 0.240 e. The van der Waals surface area contributed by atoms with Crippen LogP contribution in [-0.4, -0.2) is 22.9 Å². The van der Waals surface area contributed by atoms with Crippen molar-refractivity contribution in [3.63, 3.8) is 0 Å². The minimum absolute atomic E-state index is 0.0742. The second-order valence-corrected chi connectivity index (χ2v) is 6.97. The van der Waals surface area contributed by atoms with E-state index in [9.17, 15) is 10.1 Å². The summed E-state index contributed by atoms with van der Waals surface area (Å²) in [4.78, 5) is 14.5. The van der Waals surface area contributed by atoms with Crippen LogP contribution in [0.4, 0.5) is 0 Å². The highest BCUT2D eigenvalue weighted by atomic mass is 35.5. The highest BCUT2D eigenvalue weighted by Crippen LogP contribution is 2.43. The van der Waals surface area contributed by atoms with E-state index < -0.39 is 11.5 Å². The summed E-state index contributed by atoms with van der Waals surface area (Å²) in [5.74, 6) is -0.115. The minimum Gasteiger partial charge on any atom is -0.330 e. The van der Waals surface area contributed by atoms with Gasteiger partial charge in [-0.05, 0) is 51.3 Å². The number of rotatable bonds is 3. The van der Waals surface area contributed by atoms with Gasteiger partial charge in [-0.25, -0.2) is 0 Å². The smallest absolute Gasteiger partial charge is 0.240 e. The van der Waals surface area contributed by atoms with Crippen molar-refractivity contribution in [3.05, 3.63) is 34.9 Å². The van der Waals surface area contributed by atoms with Crippen molar-refractivity contribution in [3.8, 4) is 6.07 Å². The summed E-state index contributed by atoms with van der Waals surface area (Å²) in [5.41, 5.74) is 6.22. The van der Waals surface area contributed by atoms with Crippen LogP contribution in [-0.2, 0) is 4.79 Å². The van der Waals surface area contributed by atoms with E-state index in [2.05, 4.69) is 6.07 Å². The Morgan fingerprint density at radius 2 is 2.18 bits per heavy atom. The highest BCUT2D eigenvalue weighted by molar-refractivity contribution is 6.30. The van der Waals surface area contributed by atoms with Gasteiger partial charge in [0.05, 0.1) is 29.6 Å². The summed E-state index contributed by atoms with van der Waals surface area (Å²) in [7, 11) is 0. The number of nitriles is 1. The molecule has 1 heterocycles. The Labute approximate surface area is 136 Å². The Hall–Kier alpha value is -1.57. The van der Waals surface area contributed by atoms with Crippen molar-refractivity contribution < 1.29 is 4.79 Å². The third-order valence-corrected chi connectivity index (χ3v) is 4.62. The van der Waals surface area contributed by atoms with Gasteiger partial charge in [-0.1, -0.05) is 23.7 Å². The molecule has 1 aromatic rings. The Morgan fingerprint density at radius 1 is 1.50 bits per heavy atom. The van der Waals surface area contributed by atoms with Crippen molar-refractivity contribution in [2.75, 3.05) is 0 Å². The molecule has 22 heavy (non-hydrogen) atoms. The molecule has 0 bridgehead atoms. The number of nitrogens with zero attached hydrogens (tertiary/aromatic N) is 2. The van der Waals surface area contributed by atoms with E-state index in [0.29, 0.717) is 5.02 Å². The molecule has 1 saturated heterocycles. The van der Waals surface area contributed by atoms with Gasteiger partial charge in [0, 0.05) is 5.02 Å². The molecule has 5 heteroatoms. The summed E-state index contributed by atoms with van der Waals surface area (Å²) in [6.07, 6.45) is 1.60. The van der Waals surface area contributed by atoms with E-state index in [1.165, 1.54) is 0 Å². The Morgan fingerprint density at radius 3 is 2.73 bits per heavy atom. The summed E-state index contributed by atoms with van der Waals surface area (Å²) in [6, 6.07) is 9.08. The average molecular weight is 320 g/mol. The highest BCUT2D eigenvalue weighted by Gasteiger charge is 2.45. The van der Waals surface area contributed by atoms with Gasteiger partial charge in [-0.15, -0.1) is 0 Å². The first-order valence-electron chi connectivity index (χ1n) is 7.52. The number of carbonyl (C=O) groups excluding carboxylic acids is 1. The number of nitrogens with two attached hydrogens (primary N) is 1. The molecule has 3 atom stereocenters. The van der Waals surface area contributed by atoms with Gasteiger partial charge in [0.15, 0.2) is 0 Å². The molecule has 0 saturated carbocycles. The van der Waals surface area contributed by atoms with Crippen LogP contribution in [0.5, 0.6) is 0 Å². The first-order valence-corrected chi connectivity index (χ1v) is 7.90. The Bertz CT molecular complexity index is 606. The van der Waals surface area contributed by atoms with Crippen LogP contribution in [0.25, 0.3) is 0 Å². The zero-order valence-corrected chi connectivity index (χ0v) is 14.0. The lowest BCUT2D eigenvalue weighted by molar-refractivity contribution is -0.137. The summed E-state index contributed by atoms with van der Waals surface area (Å²) in [5, 5.41) is 10.1. The number of halogens is 1. The quantitative estimate of drug-likeness (QED) is 0.929. The lowest BCUT2D eigenvalue weighted by atomic mass is 9.84. The molecule has 0 aliphatic carbocycles. The lowest BCUT2D eigenvalue weighted by Gasteiger charge is -2.37. The van der Waals surface area contributed by atoms with Crippen LogP contribution in [0.2, 0.25) is 5.02 Å². The van der Waals surface area contributed by atoms with Gasteiger partial charge in [0.25, 0.3) is 0 Å². The molecule has 1 unspecified atom stereocenters. The monoisotopic (exact) mass is 319 g/mol. The molecule has 4 nitrogen and oxygen atoms in total. The minimum atomic E-state index is -0.613. The lowest BCUT2D eigenvalue weighted by Crippen LogP contribution is -2.50. The van der Waals surface area contributed by atoms with E-state index in [0.717, 1.165) is 18.4 Å². The third-order valence-electron chi connectivity index (χ3n) is 4.38. The molecule has 1 aliphatic rings. The van der Waals surface area contributed by atoms with Gasteiger partial charge in [-0.3, -0.25) is 4.79 Å². The molecule has 0 radical (unpaired) electrons. The van der Waals surface area contributed by atoms with Crippen LogP contribution >= 0.6 is 11.6 Å². The maximum atomic E-state index is 12.6. The zero-order chi connectivity index (χ0) is 16.5. The number of likely N-dealkylation sites (tertiary alicyclic amines) is 1. The molecular formula is C17H22ClN3O. The molecule has 2 N–H and O–H groups in total. The predicted molar refractivity (Wildman–Crippen MR) is 87.1 cm³/mol. The molecular weight excluding hydrogens is 298 g/mol. The normalized spacial score (nSPS) is 23.2. The molecule has 1 amide bonds. The van der Waals surface area contributed by atoms with Gasteiger partial charge in [0.1, 0.15) is 0 Å². The number of amides is 1. The number of hydrogen-bond acceptors (Lipinski definition) is 3. The fraction of sp³-hybridized carbons (Fsp3) is 0.529. The molecule has 2 rings (SSSR count). The second kappa shape index (κ2) is 6.28. The molecule has 1 fully saturated rings. The van der Waals surface area contributed by atoms with E-state index in [4.69, 9.17) is 17.3 Å². The third kappa shape index (κ3) is 3.11. The average Bonchev–Trinajstić information content (AvgIpc) is 2.91. The zero-order valence-electron chi connectivity index (χ0n) is 13.2. The van der Waals surface area contributed by atoms with E-state index >= 15 is 0 Å². The summed E-state index contributed by atoms with van der Waals surface area (Å²) in [6.45, 7) is 5.44. The summed E-state index contributed by atoms with van der Waals surface area (Å²) < 4.78 is 0. The van der Waals surface area contributed by atoms with Crippen LogP contribution in [0, 0.1) is 16.7 Å². The van der Waals surface area contributed by atoms with Crippen molar-refractivity contribution in [2.45, 2.75) is 51.7 Å². The number of benzene rings is 1. The SMILES string of the molecule is C[C@@H](N)C(=O)N1C(C(C)(C)C#N)CC[C@H]1c1cccc(Cl)c1. The fourth-order valence-corrected chi connectivity index (χ4v) is 3.38. The van der Waals surface area contributed by atoms with Crippen LogP contribution in [0.3, 0.4) is 0 Å². The first kappa shape index (κ1) is 16.8. The van der Waals surface area contributed by atoms with E-state index in [1.807, 2.05) is 38.1 Å². The number of hydrogen-bond donors (Lipinski definition) is 1. The van der Waals surface area contributed by atoms with Gasteiger partial charge in [-0.2, -0.15) is 5.26 Å². The number of carbonyl (C=O) groups is 1. The van der Waals surface area contributed by atoms with Gasteiger partial charge >= 0.3 is 0 Å².